The van der Waals surface area contributed by atoms with E-state index in [9.17, 15) is 10.2 Å². The lowest BCUT2D eigenvalue weighted by molar-refractivity contribution is 0.0174. The Labute approximate surface area is 170 Å². The molecule has 0 aliphatic rings. The van der Waals surface area contributed by atoms with Crippen molar-refractivity contribution < 1.29 is 10.2 Å². The van der Waals surface area contributed by atoms with Crippen LogP contribution < -0.4 is 0 Å². The van der Waals surface area contributed by atoms with Crippen molar-refractivity contribution in [1.29, 1.82) is 0 Å². The van der Waals surface area contributed by atoms with E-state index in [0.717, 1.165) is 50.3 Å². The minimum absolute atomic E-state index is 0.228. The normalized spacial score (nSPS) is 11.9. The molecule has 2 nitrogen and oxygen atoms in total. The predicted molar refractivity (Wildman–Crippen MR) is 117 cm³/mol. The highest BCUT2D eigenvalue weighted by Crippen LogP contribution is 2.45. The fraction of sp³-hybridized carbons (Fsp3) is 0.333. The van der Waals surface area contributed by atoms with E-state index < -0.39 is 5.60 Å². The summed E-state index contributed by atoms with van der Waals surface area (Å²) in [4.78, 5) is 0. The lowest BCUT2D eigenvalue weighted by Crippen LogP contribution is -2.26. The summed E-state index contributed by atoms with van der Waals surface area (Å²) < 4.78 is 1.02. The highest BCUT2D eigenvalue weighted by Gasteiger charge is 2.32. The summed E-state index contributed by atoms with van der Waals surface area (Å²) in [6.45, 7) is 6.23. The summed E-state index contributed by atoms with van der Waals surface area (Å²) in [5, 5.41) is 24.2. The molecule has 3 heteroatoms. The summed E-state index contributed by atoms with van der Waals surface area (Å²) in [5.41, 5.74) is 3.07. The molecular weight excluding hydrogens is 400 g/mol. The van der Waals surface area contributed by atoms with E-state index in [4.69, 9.17) is 0 Å². The van der Waals surface area contributed by atoms with Crippen LogP contribution in [0.5, 0.6) is 5.75 Å². The Bertz CT molecular complexity index is 939. The molecule has 0 atom stereocenters. The van der Waals surface area contributed by atoms with Gasteiger partial charge in [0.25, 0.3) is 0 Å². The van der Waals surface area contributed by atoms with E-state index in [0.29, 0.717) is 12.8 Å². The summed E-state index contributed by atoms with van der Waals surface area (Å²) in [5.74, 6) is 0.228. The van der Waals surface area contributed by atoms with Crippen molar-refractivity contribution in [2.24, 2.45) is 0 Å². The third-order valence-electron chi connectivity index (χ3n) is 5.23. The van der Waals surface area contributed by atoms with E-state index >= 15 is 0 Å². The van der Waals surface area contributed by atoms with Crippen molar-refractivity contribution in [2.45, 2.75) is 52.1 Å². The van der Waals surface area contributed by atoms with Gasteiger partial charge in [0.1, 0.15) is 5.75 Å². The van der Waals surface area contributed by atoms with Crippen molar-refractivity contribution in [2.75, 3.05) is 0 Å². The zero-order valence-electron chi connectivity index (χ0n) is 16.2. The first-order valence-corrected chi connectivity index (χ1v) is 10.4. The minimum atomic E-state index is -0.957. The molecule has 27 heavy (non-hydrogen) atoms. The molecule has 0 radical (unpaired) electrons. The summed E-state index contributed by atoms with van der Waals surface area (Å²) in [6.07, 6.45) is 3.09. The minimum Gasteiger partial charge on any atom is -0.507 e. The molecule has 3 aromatic rings. The fourth-order valence-corrected chi connectivity index (χ4v) is 4.30. The second-order valence-corrected chi connectivity index (χ2v) is 8.32. The number of hydrogen-bond donors (Lipinski definition) is 2. The number of hydrogen-bond acceptors (Lipinski definition) is 2. The molecule has 0 amide bonds. The largest absolute Gasteiger partial charge is 0.507 e. The van der Waals surface area contributed by atoms with Gasteiger partial charge in [0.2, 0.25) is 0 Å². The molecule has 2 N–H and O–H groups in total. The van der Waals surface area contributed by atoms with Gasteiger partial charge in [-0.05, 0) is 60.0 Å². The Balaban J connectivity index is 2.41. The van der Waals surface area contributed by atoms with Gasteiger partial charge >= 0.3 is 0 Å². The van der Waals surface area contributed by atoms with Gasteiger partial charge < -0.3 is 10.2 Å². The average Bonchev–Trinajstić information content (AvgIpc) is 2.63. The van der Waals surface area contributed by atoms with E-state index in [1.165, 1.54) is 0 Å². The second kappa shape index (κ2) is 8.04. The van der Waals surface area contributed by atoms with Crippen molar-refractivity contribution in [3.05, 3.63) is 64.1 Å². The maximum atomic E-state index is 11.6. The molecule has 3 rings (SSSR count). The molecule has 0 heterocycles. The monoisotopic (exact) mass is 426 g/mol. The molecular formula is C24H27BrO2. The number of halogens is 1. The lowest BCUT2D eigenvalue weighted by Gasteiger charge is -2.31. The average molecular weight is 427 g/mol. The van der Waals surface area contributed by atoms with Crippen LogP contribution in [-0.4, -0.2) is 10.2 Å². The number of phenolic OH excluding ortho intramolecular Hbond substituents is 1. The first kappa shape index (κ1) is 19.9. The van der Waals surface area contributed by atoms with E-state index in [-0.39, 0.29) is 5.75 Å². The van der Waals surface area contributed by atoms with Crippen LogP contribution in [0.3, 0.4) is 0 Å². The maximum Gasteiger partial charge on any atom is 0.123 e. The van der Waals surface area contributed by atoms with Crippen LogP contribution >= 0.6 is 15.9 Å². The van der Waals surface area contributed by atoms with Gasteiger partial charge in [0.15, 0.2) is 0 Å². The summed E-state index contributed by atoms with van der Waals surface area (Å²) >= 11 is 3.51. The van der Waals surface area contributed by atoms with Crippen molar-refractivity contribution >= 4 is 26.7 Å². The van der Waals surface area contributed by atoms with Crippen LogP contribution in [0.25, 0.3) is 21.9 Å². The Morgan fingerprint density at radius 3 is 2.11 bits per heavy atom. The van der Waals surface area contributed by atoms with Crippen LogP contribution in [0.15, 0.2) is 53.0 Å². The molecule has 0 aliphatic carbocycles. The molecule has 3 aromatic carbocycles. The van der Waals surface area contributed by atoms with Gasteiger partial charge in [-0.15, -0.1) is 0 Å². The van der Waals surface area contributed by atoms with Crippen LogP contribution in [0.4, 0.5) is 0 Å². The smallest absolute Gasteiger partial charge is 0.123 e. The van der Waals surface area contributed by atoms with Crippen molar-refractivity contribution in [3.63, 3.8) is 0 Å². The van der Waals surface area contributed by atoms with Gasteiger partial charge in [-0.3, -0.25) is 0 Å². The number of phenols is 1. The molecule has 0 spiro atoms. The Hall–Kier alpha value is -1.84. The number of rotatable bonds is 6. The molecule has 0 aliphatic heterocycles. The van der Waals surface area contributed by atoms with E-state index in [1.54, 1.807) is 6.07 Å². The van der Waals surface area contributed by atoms with Gasteiger partial charge in [-0.2, -0.15) is 0 Å². The molecule has 0 aromatic heterocycles. The molecule has 0 unspecified atom stereocenters. The van der Waals surface area contributed by atoms with E-state index in [2.05, 4.69) is 54.9 Å². The molecule has 0 saturated heterocycles. The number of aliphatic hydroxyl groups is 1. The zero-order chi connectivity index (χ0) is 19.6. The summed E-state index contributed by atoms with van der Waals surface area (Å²) in [6, 6.07) is 16.0. The van der Waals surface area contributed by atoms with Crippen LogP contribution in [0.2, 0.25) is 0 Å². The quantitative estimate of drug-likeness (QED) is 0.442. The third-order valence-corrected chi connectivity index (χ3v) is 5.76. The SMILES string of the molecule is CCCC(O)(CCC)c1cc(O)c2ccc(C)cc2c1-c1ccc(Br)cc1. The molecule has 142 valence electrons. The first-order valence-electron chi connectivity index (χ1n) is 9.64. The third kappa shape index (κ3) is 3.90. The molecule has 0 bridgehead atoms. The maximum absolute atomic E-state index is 11.6. The fourth-order valence-electron chi connectivity index (χ4n) is 4.04. The highest BCUT2D eigenvalue weighted by atomic mass is 79.9. The molecule has 0 fully saturated rings. The van der Waals surface area contributed by atoms with Gasteiger partial charge in [-0.25, -0.2) is 0 Å². The Kier molecular flexibility index (Phi) is 5.92. The number of aryl methyl sites for hydroxylation is 1. The van der Waals surface area contributed by atoms with Crippen LogP contribution in [0.1, 0.15) is 50.7 Å². The topological polar surface area (TPSA) is 40.5 Å². The van der Waals surface area contributed by atoms with Crippen LogP contribution in [-0.2, 0) is 5.60 Å². The molecule has 0 saturated carbocycles. The second-order valence-electron chi connectivity index (χ2n) is 7.41. The number of benzene rings is 3. The highest BCUT2D eigenvalue weighted by molar-refractivity contribution is 9.10. The van der Waals surface area contributed by atoms with E-state index in [1.807, 2.05) is 24.3 Å². The van der Waals surface area contributed by atoms with Gasteiger partial charge in [-0.1, -0.05) is 78.5 Å². The van der Waals surface area contributed by atoms with Crippen molar-refractivity contribution in [1.82, 2.24) is 0 Å². The van der Waals surface area contributed by atoms with Gasteiger partial charge in [0, 0.05) is 9.86 Å². The van der Waals surface area contributed by atoms with Crippen LogP contribution in [0, 0.1) is 6.92 Å². The first-order chi connectivity index (χ1) is 12.9. The Morgan fingerprint density at radius 1 is 0.889 bits per heavy atom. The summed E-state index contributed by atoms with van der Waals surface area (Å²) in [7, 11) is 0. The number of fused-ring (bicyclic) bond motifs is 1. The van der Waals surface area contributed by atoms with Gasteiger partial charge in [0.05, 0.1) is 5.60 Å². The van der Waals surface area contributed by atoms with Crippen molar-refractivity contribution in [3.8, 4) is 16.9 Å². The zero-order valence-corrected chi connectivity index (χ0v) is 17.8. The standard InChI is InChI=1S/C24H27BrO2/c1-4-12-24(27,13-5-2)21-15-22(26)19-11-6-16(3)14-20(19)23(21)17-7-9-18(25)10-8-17/h6-11,14-15,26-27H,4-5,12-13H2,1-3H3. The number of aromatic hydroxyl groups is 1. The lowest BCUT2D eigenvalue weighted by atomic mass is 9.79. The predicted octanol–water partition coefficient (Wildman–Crippen LogP) is 7.07. The Morgan fingerprint density at radius 2 is 1.52 bits per heavy atom.